The van der Waals surface area contributed by atoms with Crippen molar-refractivity contribution >= 4 is 0 Å². The van der Waals surface area contributed by atoms with Crippen molar-refractivity contribution in [3.8, 4) is 0 Å². The van der Waals surface area contributed by atoms with Gasteiger partial charge in [-0.1, -0.05) is 19.4 Å². The number of hydrogen-bond donors (Lipinski definition) is 1. The Hall–Kier alpha value is -0.340. The van der Waals surface area contributed by atoms with Gasteiger partial charge in [-0.05, 0) is 39.5 Å². The van der Waals surface area contributed by atoms with Crippen LogP contribution in [0.3, 0.4) is 0 Å². The van der Waals surface area contributed by atoms with Crippen LogP contribution in [0.5, 0.6) is 0 Å². The molecule has 2 unspecified atom stereocenters. The molecule has 0 bridgehead atoms. The first-order chi connectivity index (χ1) is 6.93. The Bertz CT molecular complexity index is 175. The highest BCUT2D eigenvalue weighted by atomic mass is 16.5. The molecular formula is C13H26O2. The predicted molar refractivity (Wildman–Crippen MR) is 64.9 cm³/mol. The highest BCUT2D eigenvalue weighted by Gasteiger charge is 2.18. The third-order valence-electron chi connectivity index (χ3n) is 2.80. The second-order valence-electron chi connectivity index (χ2n) is 4.79. The molecule has 2 atom stereocenters. The zero-order chi connectivity index (χ0) is 11.9. The van der Waals surface area contributed by atoms with Crippen molar-refractivity contribution in [2.24, 2.45) is 5.92 Å². The van der Waals surface area contributed by atoms with Crippen LogP contribution < -0.4 is 0 Å². The number of ether oxygens (including phenoxy) is 1. The van der Waals surface area contributed by atoms with Crippen molar-refractivity contribution in [2.75, 3.05) is 6.61 Å². The lowest BCUT2D eigenvalue weighted by atomic mass is 9.93. The lowest BCUT2D eigenvalue weighted by Gasteiger charge is -2.25. The molecule has 0 radical (unpaired) electrons. The van der Waals surface area contributed by atoms with Crippen molar-refractivity contribution in [1.82, 2.24) is 0 Å². The molecule has 0 saturated heterocycles. The summed E-state index contributed by atoms with van der Waals surface area (Å²) < 4.78 is 5.62. The van der Waals surface area contributed by atoms with E-state index in [0.717, 1.165) is 25.9 Å². The van der Waals surface area contributed by atoms with Crippen molar-refractivity contribution in [1.29, 1.82) is 0 Å². The topological polar surface area (TPSA) is 29.5 Å². The number of aliphatic hydroxyl groups is 1. The molecule has 0 fully saturated rings. The molecule has 0 amide bonds. The first kappa shape index (κ1) is 14.7. The van der Waals surface area contributed by atoms with E-state index in [0.29, 0.717) is 5.92 Å². The van der Waals surface area contributed by atoms with Gasteiger partial charge in [0.25, 0.3) is 0 Å². The monoisotopic (exact) mass is 214 g/mol. The molecule has 0 spiro atoms. The van der Waals surface area contributed by atoms with Crippen LogP contribution in [-0.2, 0) is 4.74 Å². The van der Waals surface area contributed by atoms with Gasteiger partial charge in [0, 0.05) is 6.61 Å². The zero-order valence-electron chi connectivity index (χ0n) is 10.6. The molecule has 0 aliphatic rings. The van der Waals surface area contributed by atoms with Crippen molar-refractivity contribution in [3.05, 3.63) is 12.7 Å². The minimum Gasteiger partial charge on any atom is -0.389 e. The van der Waals surface area contributed by atoms with Gasteiger partial charge in [0.1, 0.15) is 0 Å². The highest BCUT2D eigenvalue weighted by molar-refractivity contribution is 4.82. The molecule has 0 aromatic carbocycles. The van der Waals surface area contributed by atoms with Crippen molar-refractivity contribution in [2.45, 2.75) is 58.7 Å². The van der Waals surface area contributed by atoms with E-state index in [9.17, 15) is 5.11 Å². The Morgan fingerprint density at radius 3 is 2.53 bits per heavy atom. The van der Waals surface area contributed by atoms with E-state index in [1.807, 2.05) is 6.92 Å². The zero-order valence-corrected chi connectivity index (χ0v) is 10.6. The quantitative estimate of drug-likeness (QED) is 0.629. The van der Waals surface area contributed by atoms with E-state index >= 15 is 0 Å². The molecule has 2 heteroatoms. The SMILES string of the molecule is C=CC(O)C(C)CCCC(C)(C)OCC. The lowest BCUT2D eigenvalue weighted by Crippen LogP contribution is -2.25. The third kappa shape index (κ3) is 6.69. The molecular weight excluding hydrogens is 188 g/mol. The van der Waals surface area contributed by atoms with Crippen LogP contribution in [0.2, 0.25) is 0 Å². The van der Waals surface area contributed by atoms with Crippen LogP contribution in [0.4, 0.5) is 0 Å². The average molecular weight is 214 g/mol. The summed E-state index contributed by atoms with van der Waals surface area (Å²) in [4.78, 5) is 0. The van der Waals surface area contributed by atoms with Crippen LogP contribution in [0, 0.1) is 5.92 Å². The van der Waals surface area contributed by atoms with Crippen molar-refractivity contribution in [3.63, 3.8) is 0 Å². The molecule has 15 heavy (non-hydrogen) atoms. The van der Waals surface area contributed by atoms with E-state index < -0.39 is 0 Å². The molecule has 1 N–H and O–H groups in total. The highest BCUT2D eigenvalue weighted by Crippen LogP contribution is 2.21. The molecule has 0 rings (SSSR count). The molecule has 0 aliphatic heterocycles. The maximum atomic E-state index is 9.51. The number of rotatable bonds is 8. The Morgan fingerprint density at radius 1 is 1.47 bits per heavy atom. The first-order valence-corrected chi connectivity index (χ1v) is 5.87. The summed E-state index contributed by atoms with van der Waals surface area (Å²) in [6.45, 7) is 12.7. The van der Waals surface area contributed by atoms with Crippen LogP contribution in [0.25, 0.3) is 0 Å². The Morgan fingerprint density at radius 2 is 2.07 bits per heavy atom. The minimum atomic E-state index is -0.375. The van der Waals surface area contributed by atoms with Gasteiger partial charge in [-0.25, -0.2) is 0 Å². The van der Waals surface area contributed by atoms with Gasteiger partial charge < -0.3 is 9.84 Å². The van der Waals surface area contributed by atoms with Gasteiger partial charge in [0.05, 0.1) is 11.7 Å². The van der Waals surface area contributed by atoms with E-state index in [-0.39, 0.29) is 11.7 Å². The number of hydrogen-bond acceptors (Lipinski definition) is 2. The fourth-order valence-electron chi connectivity index (χ4n) is 1.72. The Labute approximate surface area is 94.3 Å². The largest absolute Gasteiger partial charge is 0.389 e. The molecule has 90 valence electrons. The summed E-state index contributed by atoms with van der Waals surface area (Å²) >= 11 is 0. The van der Waals surface area contributed by atoms with Gasteiger partial charge in [-0.15, -0.1) is 6.58 Å². The average Bonchev–Trinajstić information content (AvgIpc) is 2.15. The van der Waals surface area contributed by atoms with Gasteiger partial charge in [-0.3, -0.25) is 0 Å². The molecule has 0 aliphatic carbocycles. The second-order valence-corrected chi connectivity index (χ2v) is 4.79. The molecule has 2 nitrogen and oxygen atoms in total. The summed E-state index contributed by atoms with van der Waals surface area (Å²) in [5, 5.41) is 9.51. The summed E-state index contributed by atoms with van der Waals surface area (Å²) in [5.74, 6) is 0.292. The fourth-order valence-corrected chi connectivity index (χ4v) is 1.72. The fraction of sp³-hybridized carbons (Fsp3) is 0.846. The molecule has 0 aromatic heterocycles. The number of aliphatic hydroxyl groups excluding tert-OH is 1. The summed E-state index contributed by atoms with van der Waals surface area (Å²) in [6.07, 6.45) is 4.37. The van der Waals surface area contributed by atoms with Crippen LogP contribution in [0.1, 0.15) is 47.0 Å². The summed E-state index contributed by atoms with van der Waals surface area (Å²) in [6, 6.07) is 0. The van der Waals surface area contributed by atoms with Crippen LogP contribution in [0.15, 0.2) is 12.7 Å². The predicted octanol–water partition coefficient (Wildman–Crippen LogP) is 3.15. The minimum absolute atomic E-state index is 0.0341. The normalized spacial score (nSPS) is 16.1. The van der Waals surface area contributed by atoms with E-state index in [4.69, 9.17) is 4.74 Å². The smallest absolute Gasteiger partial charge is 0.0743 e. The van der Waals surface area contributed by atoms with Gasteiger partial charge in [0.15, 0.2) is 0 Å². The van der Waals surface area contributed by atoms with Gasteiger partial charge >= 0.3 is 0 Å². The van der Waals surface area contributed by atoms with E-state index in [1.165, 1.54) is 0 Å². The third-order valence-corrected chi connectivity index (χ3v) is 2.80. The summed E-state index contributed by atoms with van der Waals surface area (Å²) in [5.41, 5.74) is -0.0341. The molecule has 0 saturated carbocycles. The second kappa shape index (κ2) is 7.02. The lowest BCUT2D eigenvalue weighted by molar-refractivity contribution is -0.0190. The van der Waals surface area contributed by atoms with Gasteiger partial charge in [0.2, 0.25) is 0 Å². The molecule has 0 aromatic rings. The van der Waals surface area contributed by atoms with Crippen molar-refractivity contribution < 1.29 is 9.84 Å². The van der Waals surface area contributed by atoms with Gasteiger partial charge in [-0.2, -0.15) is 0 Å². The first-order valence-electron chi connectivity index (χ1n) is 5.87. The van der Waals surface area contributed by atoms with Crippen LogP contribution in [-0.4, -0.2) is 23.4 Å². The maximum absolute atomic E-state index is 9.51. The van der Waals surface area contributed by atoms with Crippen LogP contribution >= 0.6 is 0 Å². The Kier molecular flexibility index (Phi) is 6.86. The maximum Gasteiger partial charge on any atom is 0.0743 e. The van der Waals surface area contributed by atoms with E-state index in [2.05, 4.69) is 27.4 Å². The Balaban J connectivity index is 3.73. The standard InChI is InChI=1S/C13H26O2/c1-6-12(14)11(3)9-8-10-13(4,5)15-7-2/h6,11-12,14H,1,7-10H2,2-5H3. The van der Waals surface area contributed by atoms with E-state index in [1.54, 1.807) is 6.08 Å². The molecule has 0 heterocycles. The summed E-state index contributed by atoms with van der Waals surface area (Å²) in [7, 11) is 0.